The fraction of sp³-hybridized carbons (Fsp3) is 0.154. The summed E-state index contributed by atoms with van der Waals surface area (Å²) < 4.78 is 5.62. The van der Waals surface area contributed by atoms with Crippen molar-refractivity contribution in [2.75, 3.05) is 5.73 Å². The SMILES string of the molecule is CC(=O)c1cccc(Oc2cnc(N)nc2C)c1. The van der Waals surface area contributed by atoms with Crippen LogP contribution in [0.1, 0.15) is 23.0 Å². The van der Waals surface area contributed by atoms with E-state index in [1.54, 1.807) is 31.2 Å². The number of hydrogen-bond donors (Lipinski definition) is 1. The highest BCUT2D eigenvalue weighted by molar-refractivity contribution is 5.94. The van der Waals surface area contributed by atoms with Gasteiger partial charge in [0.05, 0.1) is 11.9 Å². The average Bonchev–Trinajstić information content (AvgIpc) is 2.33. The summed E-state index contributed by atoms with van der Waals surface area (Å²) in [4.78, 5) is 19.1. The van der Waals surface area contributed by atoms with Gasteiger partial charge in [-0.2, -0.15) is 0 Å². The standard InChI is InChI=1S/C13H13N3O2/c1-8-12(7-15-13(14)16-8)18-11-5-3-4-10(6-11)9(2)17/h3-7H,1-2H3,(H2,14,15,16). The molecule has 5 heteroatoms. The van der Waals surface area contributed by atoms with Crippen molar-refractivity contribution >= 4 is 11.7 Å². The van der Waals surface area contributed by atoms with Gasteiger partial charge < -0.3 is 10.5 Å². The summed E-state index contributed by atoms with van der Waals surface area (Å²) >= 11 is 0. The normalized spacial score (nSPS) is 10.1. The summed E-state index contributed by atoms with van der Waals surface area (Å²) in [6.45, 7) is 3.29. The molecule has 92 valence electrons. The second kappa shape index (κ2) is 4.83. The number of hydrogen-bond acceptors (Lipinski definition) is 5. The van der Waals surface area contributed by atoms with E-state index in [1.165, 1.54) is 13.1 Å². The molecule has 0 saturated heterocycles. The number of benzene rings is 1. The van der Waals surface area contributed by atoms with Gasteiger partial charge in [-0.25, -0.2) is 9.97 Å². The molecular weight excluding hydrogens is 230 g/mol. The predicted molar refractivity (Wildman–Crippen MR) is 67.7 cm³/mol. The van der Waals surface area contributed by atoms with E-state index in [1.807, 2.05) is 0 Å². The first-order chi connectivity index (χ1) is 8.56. The number of aromatic nitrogens is 2. The van der Waals surface area contributed by atoms with Crippen LogP contribution in [0.3, 0.4) is 0 Å². The minimum Gasteiger partial charge on any atom is -0.454 e. The number of aryl methyl sites for hydroxylation is 1. The van der Waals surface area contributed by atoms with E-state index < -0.39 is 0 Å². The number of nitrogen functional groups attached to an aromatic ring is 1. The van der Waals surface area contributed by atoms with Gasteiger partial charge in [0.15, 0.2) is 11.5 Å². The molecule has 0 fully saturated rings. The summed E-state index contributed by atoms with van der Waals surface area (Å²) in [5, 5.41) is 0. The molecule has 0 aliphatic heterocycles. The molecule has 0 atom stereocenters. The Morgan fingerprint density at radius 2 is 2.17 bits per heavy atom. The lowest BCUT2D eigenvalue weighted by Crippen LogP contribution is -1.99. The van der Waals surface area contributed by atoms with Crippen molar-refractivity contribution in [2.45, 2.75) is 13.8 Å². The van der Waals surface area contributed by atoms with Crippen LogP contribution in [0.5, 0.6) is 11.5 Å². The molecule has 1 heterocycles. The van der Waals surface area contributed by atoms with Crippen LogP contribution in [-0.2, 0) is 0 Å². The van der Waals surface area contributed by atoms with Crippen LogP contribution in [0.2, 0.25) is 0 Å². The zero-order valence-electron chi connectivity index (χ0n) is 10.2. The third-order valence-electron chi connectivity index (χ3n) is 2.42. The van der Waals surface area contributed by atoms with Gasteiger partial charge in [0.25, 0.3) is 0 Å². The Morgan fingerprint density at radius 1 is 1.39 bits per heavy atom. The number of rotatable bonds is 3. The Hall–Kier alpha value is -2.43. The van der Waals surface area contributed by atoms with Gasteiger partial charge >= 0.3 is 0 Å². The number of carbonyl (C=O) groups excluding carboxylic acids is 1. The molecule has 18 heavy (non-hydrogen) atoms. The van der Waals surface area contributed by atoms with Gasteiger partial charge in [-0.1, -0.05) is 12.1 Å². The molecule has 1 aromatic carbocycles. The van der Waals surface area contributed by atoms with Crippen molar-refractivity contribution in [1.29, 1.82) is 0 Å². The lowest BCUT2D eigenvalue weighted by molar-refractivity contribution is 0.101. The number of ether oxygens (including phenoxy) is 1. The maximum atomic E-state index is 11.3. The molecule has 5 nitrogen and oxygen atoms in total. The topological polar surface area (TPSA) is 78.1 Å². The summed E-state index contributed by atoms with van der Waals surface area (Å²) in [6.07, 6.45) is 1.51. The molecule has 0 spiro atoms. The quantitative estimate of drug-likeness (QED) is 0.837. The Bertz CT molecular complexity index is 597. The molecule has 0 saturated carbocycles. The van der Waals surface area contributed by atoms with E-state index in [-0.39, 0.29) is 11.7 Å². The highest BCUT2D eigenvalue weighted by atomic mass is 16.5. The van der Waals surface area contributed by atoms with E-state index >= 15 is 0 Å². The Morgan fingerprint density at radius 3 is 2.83 bits per heavy atom. The largest absolute Gasteiger partial charge is 0.454 e. The van der Waals surface area contributed by atoms with Crippen molar-refractivity contribution in [3.05, 3.63) is 41.7 Å². The first-order valence-electron chi connectivity index (χ1n) is 5.44. The fourth-order valence-corrected chi connectivity index (χ4v) is 1.48. The molecule has 0 radical (unpaired) electrons. The van der Waals surface area contributed by atoms with Crippen molar-refractivity contribution in [3.63, 3.8) is 0 Å². The van der Waals surface area contributed by atoms with Crippen LogP contribution in [-0.4, -0.2) is 15.8 Å². The smallest absolute Gasteiger partial charge is 0.220 e. The Kier molecular flexibility index (Phi) is 3.23. The van der Waals surface area contributed by atoms with E-state index in [0.29, 0.717) is 22.8 Å². The van der Waals surface area contributed by atoms with E-state index in [4.69, 9.17) is 10.5 Å². The molecule has 0 aliphatic rings. The third-order valence-corrected chi connectivity index (χ3v) is 2.42. The molecule has 2 aromatic rings. The number of nitrogens with two attached hydrogens (primary N) is 1. The van der Waals surface area contributed by atoms with Crippen molar-refractivity contribution < 1.29 is 9.53 Å². The Labute approximate surface area is 105 Å². The first kappa shape index (κ1) is 12.0. The third kappa shape index (κ3) is 2.63. The zero-order valence-corrected chi connectivity index (χ0v) is 10.2. The summed E-state index contributed by atoms with van der Waals surface area (Å²) in [5.41, 5.74) is 6.71. The second-order valence-electron chi connectivity index (χ2n) is 3.86. The Balaban J connectivity index is 2.28. The summed E-state index contributed by atoms with van der Waals surface area (Å²) in [7, 11) is 0. The number of carbonyl (C=O) groups is 1. The van der Waals surface area contributed by atoms with Gasteiger partial charge in [-0.05, 0) is 26.0 Å². The molecule has 0 bridgehead atoms. The summed E-state index contributed by atoms with van der Waals surface area (Å²) in [5.74, 6) is 1.28. The molecule has 2 N–H and O–H groups in total. The summed E-state index contributed by atoms with van der Waals surface area (Å²) in [6, 6.07) is 6.95. The molecule has 1 aromatic heterocycles. The van der Waals surface area contributed by atoms with Crippen LogP contribution in [0.4, 0.5) is 5.95 Å². The van der Waals surface area contributed by atoms with Crippen LogP contribution in [0.15, 0.2) is 30.5 Å². The average molecular weight is 243 g/mol. The minimum absolute atomic E-state index is 0.00859. The lowest BCUT2D eigenvalue weighted by atomic mass is 10.1. The number of Topliss-reactive ketones (excluding diaryl/α,β-unsaturated/α-hetero) is 1. The zero-order chi connectivity index (χ0) is 13.1. The number of anilines is 1. The van der Waals surface area contributed by atoms with Gasteiger partial charge in [0, 0.05) is 5.56 Å². The maximum absolute atomic E-state index is 11.3. The van der Waals surface area contributed by atoms with Gasteiger partial charge in [-0.3, -0.25) is 4.79 Å². The molecular formula is C13H13N3O2. The maximum Gasteiger partial charge on any atom is 0.220 e. The second-order valence-corrected chi connectivity index (χ2v) is 3.86. The fourth-order valence-electron chi connectivity index (χ4n) is 1.48. The molecule has 0 aliphatic carbocycles. The van der Waals surface area contributed by atoms with Gasteiger partial charge in [0.1, 0.15) is 5.75 Å². The van der Waals surface area contributed by atoms with Gasteiger partial charge in [-0.15, -0.1) is 0 Å². The number of nitrogens with zero attached hydrogens (tertiary/aromatic N) is 2. The first-order valence-corrected chi connectivity index (χ1v) is 5.44. The van der Waals surface area contributed by atoms with Crippen molar-refractivity contribution in [3.8, 4) is 11.5 Å². The van der Waals surface area contributed by atoms with Crippen molar-refractivity contribution in [1.82, 2.24) is 9.97 Å². The van der Waals surface area contributed by atoms with E-state index in [2.05, 4.69) is 9.97 Å². The molecule has 2 rings (SSSR count). The predicted octanol–water partition coefficient (Wildman–Crippen LogP) is 2.36. The highest BCUT2D eigenvalue weighted by Crippen LogP contribution is 2.24. The lowest BCUT2D eigenvalue weighted by Gasteiger charge is -2.08. The van der Waals surface area contributed by atoms with Crippen LogP contribution in [0, 0.1) is 6.92 Å². The molecule has 0 unspecified atom stereocenters. The minimum atomic E-state index is -0.00859. The highest BCUT2D eigenvalue weighted by Gasteiger charge is 2.06. The monoisotopic (exact) mass is 243 g/mol. The van der Waals surface area contributed by atoms with Crippen LogP contribution >= 0.6 is 0 Å². The van der Waals surface area contributed by atoms with Crippen LogP contribution in [0.25, 0.3) is 0 Å². The van der Waals surface area contributed by atoms with Gasteiger partial charge in [0.2, 0.25) is 5.95 Å². The van der Waals surface area contributed by atoms with E-state index in [0.717, 1.165) is 0 Å². The van der Waals surface area contributed by atoms with E-state index in [9.17, 15) is 4.79 Å². The van der Waals surface area contributed by atoms with Crippen LogP contribution < -0.4 is 10.5 Å². The van der Waals surface area contributed by atoms with Crippen molar-refractivity contribution in [2.24, 2.45) is 0 Å². The molecule has 0 amide bonds. The number of ketones is 1.